The molecule has 0 saturated heterocycles. The third-order valence-electron chi connectivity index (χ3n) is 1.99. The molecule has 0 saturated carbocycles. The summed E-state index contributed by atoms with van der Waals surface area (Å²) in [7, 11) is 0. The van der Waals surface area contributed by atoms with Crippen molar-refractivity contribution in [3.05, 3.63) is 30.6 Å². The molecule has 0 fully saturated rings. The Labute approximate surface area is 86.6 Å². The fraction of sp³-hybridized carbons (Fsp3) is 0.200. The van der Waals surface area contributed by atoms with E-state index in [2.05, 4.69) is 10.1 Å². The molecular weight excluding hydrogens is 195 g/mol. The molecule has 0 radical (unpaired) electrons. The van der Waals surface area contributed by atoms with Crippen LogP contribution in [-0.2, 0) is 6.54 Å². The van der Waals surface area contributed by atoms with E-state index in [0.717, 1.165) is 5.56 Å². The SMILES string of the molecule is Nc1cccc(-c2ncn(CCF)n2)c1. The van der Waals surface area contributed by atoms with E-state index >= 15 is 0 Å². The van der Waals surface area contributed by atoms with Crippen LogP contribution in [0.5, 0.6) is 0 Å². The van der Waals surface area contributed by atoms with Gasteiger partial charge in [-0.15, -0.1) is 0 Å². The number of hydrogen-bond acceptors (Lipinski definition) is 3. The first-order valence-corrected chi connectivity index (χ1v) is 4.61. The summed E-state index contributed by atoms with van der Waals surface area (Å²) in [6.07, 6.45) is 1.51. The zero-order chi connectivity index (χ0) is 10.7. The van der Waals surface area contributed by atoms with Gasteiger partial charge in [-0.3, -0.25) is 0 Å². The highest BCUT2D eigenvalue weighted by atomic mass is 19.1. The van der Waals surface area contributed by atoms with Gasteiger partial charge < -0.3 is 5.73 Å². The van der Waals surface area contributed by atoms with Crippen molar-refractivity contribution >= 4 is 5.69 Å². The van der Waals surface area contributed by atoms with Crippen molar-refractivity contribution in [2.24, 2.45) is 0 Å². The van der Waals surface area contributed by atoms with Gasteiger partial charge in [0.1, 0.15) is 13.0 Å². The molecule has 2 rings (SSSR count). The van der Waals surface area contributed by atoms with Gasteiger partial charge in [-0.05, 0) is 12.1 Å². The van der Waals surface area contributed by atoms with E-state index in [1.165, 1.54) is 11.0 Å². The van der Waals surface area contributed by atoms with Gasteiger partial charge in [0, 0.05) is 11.3 Å². The van der Waals surface area contributed by atoms with Crippen molar-refractivity contribution in [2.45, 2.75) is 6.54 Å². The second kappa shape index (κ2) is 4.08. The van der Waals surface area contributed by atoms with Crippen LogP contribution in [0.25, 0.3) is 11.4 Å². The lowest BCUT2D eigenvalue weighted by molar-refractivity contribution is 0.427. The third kappa shape index (κ3) is 2.12. The van der Waals surface area contributed by atoms with Crippen LogP contribution in [0, 0.1) is 0 Å². The number of halogens is 1. The van der Waals surface area contributed by atoms with Gasteiger partial charge in [-0.25, -0.2) is 14.1 Å². The molecule has 0 unspecified atom stereocenters. The number of nitrogens with two attached hydrogens (primary N) is 1. The van der Waals surface area contributed by atoms with Crippen molar-refractivity contribution in [3.63, 3.8) is 0 Å². The Kier molecular flexibility index (Phi) is 2.62. The lowest BCUT2D eigenvalue weighted by atomic mass is 10.2. The van der Waals surface area contributed by atoms with Crippen LogP contribution in [0.1, 0.15) is 0 Å². The number of anilines is 1. The van der Waals surface area contributed by atoms with Crippen molar-refractivity contribution < 1.29 is 4.39 Å². The monoisotopic (exact) mass is 206 g/mol. The Bertz CT molecular complexity index is 452. The van der Waals surface area contributed by atoms with Crippen molar-refractivity contribution in [2.75, 3.05) is 12.4 Å². The van der Waals surface area contributed by atoms with Crippen LogP contribution in [0.3, 0.4) is 0 Å². The van der Waals surface area contributed by atoms with E-state index in [9.17, 15) is 4.39 Å². The van der Waals surface area contributed by atoms with Crippen LogP contribution in [-0.4, -0.2) is 21.4 Å². The number of rotatable bonds is 3. The summed E-state index contributed by atoms with van der Waals surface area (Å²) in [6, 6.07) is 7.28. The van der Waals surface area contributed by atoms with E-state index < -0.39 is 6.67 Å². The van der Waals surface area contributed by atoms with Gasteiger partial charge in [-0.1, -0.05) is 12.1 Å². The maximum absolute atomic E-state index is 12.0. The number of nitrogens with zero attached hydrogens (tertiary/aromatic N) is 3. The van der Waals surface area contributed by atoms with Gasteiger partial charge in [0.25, 0.3) is 0 Å². The Morgan fingerprint density at radius 3 is 3.00 bits per heavy atom. The number of nitrogen functional groups attached to an aromatic ring is 1. The quantitative estimate of drug-likeness (QED) is 0.774. The number of aromatic nitrogens is 3. The molecule has 0 amide bonds. The average molecular weight is 206 g/mol. The smallest absolute Gasteiger partial charge is 0.181 e. The minimum absolute atomic E-state index is 0.231. The molecule has 0 bridgehead atoms. The molecule has 5 heteroatoms. The molecule has 1 aromatic carbocycles. The first-order valence-electron chi connectivity index (χ1n) is 4.61. The number of hydrogen-bond donors (Lipinski definition) is 1. The molecule has 2 aromatic rings. The highest BCUT2D eigenvalue weighted by Crippen LogP contribution is 2.16. The van der Waals surface area contributed by atoms with Gasteiger partial charge in [0.05, 0.1) is 6.54 Å². The van der Waals surface area contributed by atoms with E-state index in [4.69, 9.17) is 5.73 Å². The minimum Gasteiger partial charge on any atom is -0.399 e. The van der Waals surface area contributed by atoms with Crippen LogP contribution >= 0.6 is 0 Å². The molecule has 1 aromatic heterocycles. The maximum atomic E-state index is 12.0. The third-order valence-corrected chi connectivity index (χ3v) is 1.99. The molecular formula is C10H11FN4. The Balaban J connectivity index is 2.29. The Morgan fingerprint density at radius 2 is 2.27 bits per heavy atom. The van der Waals surface area contributed by atoms with Crippen molar-refractivity contribution in [3.8, 4) is 11.4 Å². The molecule has 4 nitrogen and oxygen atoms in total. The molecule has 1 heterocycles. The maximum Gasteiger partial charge on any atom is 0.181 e. The highest BCUT2D eigenvalue weighted by molar-refractivity contribution is 5.60. The molecule has 2 N–H and O–H groups in total. The predicted octanol–water partition coefficient (Wildman–Crippen LogP) is 1.50. The minimum atomic E-state index is -0.445. The first kappa shape index (κ1) is 9.64. The largest absolute Gasteiger partial charge is 0.399 e. The zero-order valence-corrected chi connectivity index (χ0v) is 8.10. The van der Waals surface area contributed by atoms with Crippen LogP contribution < -0.4 is 5.73 Å². The fourth-order valence-corrected chi connectivity index (χ4v) is 1.30. The number of alkyl halides is 1. The number of benzene rings is 1. The topological polar surface area (TPSA) is 56.7 Å². The molecule has 0 atom stereocenters. The first-order chi connectivity index (χ1) is 7.29. The van der Waals surface area contributed by atoms with Crippen molar-refractivity contribution in [1.82, 2.24) is 14.8 Å². The van der Waals surface area contributed by atoms with Crippen LogP contribution in [0.15, 0.2) is 30.6 Å². The Morgan fingerprint density at radius 1 is 1.40 bits per heavy atom. The highest BCUT2D eigenvalue weighted by Gasteiger charge is 2.03. The average Bonchev–Trinajstić information content (AvgIpc) is 2.67. The summed E-state index contributed by atoms with van der Waals surface area (Å²) in [6.45, 7) is -0.213. The van der Waals surface area contributed by atoms with Gasteiger partial charge >= 0.3 is 0 Å². The summed E-state index contributed by atoms with van der Waals surface area (Å²) in [5.74, 6) is 0.566. The molecule has 0 aliphatic rings. The van der Waals surface area contributed by atoms with E-state index in [0.29, 0.717) is 11.5 Å². The zero-order valence-electron chi connectivity index (χ0n) is 8.10. The second-order valence-corrected chi connectivity index (χ2v) is 3.15. The molecule has 0 aliphatic carbocycles. The lowest BCUT2D eigenvalue weighted by Crippen LogP contribution is -1.99. The second-order valence-electron chi connectivity index (χ2n) is 3.15. The van der Waals surface area contributed by atoms with Crippen LogP contribution in [0.2, 0.25) is 0 Å². The normalized spacial score (nSPS) is 10.5. The standard InChI is InChI=1S/C10H11FN4/c11-4-5-15-7-13-10(14-15)8-2-1-3-9(12)6-8/h1-3,6-7H,4-5,12H2. The molecule has 0 spiro atoms. The van der Waals surface area contributed by atoms with Crippen molar-refractivity contribution in [1.29, 1.82) is 0 Å². The van der Waals surface area contributed by atoms with E-state index in [1.54, 1.807) is 12.1 Å². The summed E-state index contributed by atoms with van der Waals surface area (Å²) in [5, 5.41) is 4.12. The lowest BCUT2D eigenvalue weighted by Gasteiger charge is -1.97. The summed E-state index contributed by atoms with van der Waals surface area (Å²) >= 11 is 0. The predicted molar refractivity (Wildman–Crippen MR) is 55.8 cm³/mol. The van der Waals surface area contributed by atoms with E-state index in [-0.39, 0.29) is 6.54 Å². The van der Waals surface area contributed by atoms with Gasteiger partial charge in [0.2, 0.25) is 0 Å². The van der Waals surface area contributed by atoms with Gasteiger partial charge in [-0.2, -0.15) is 5.10 Å². The molecule has 15 heavy (non-hydrogen) atoms. The van der Waals surface area contributed by atoms with Crippen LogP contribution in [0.4, 0.5) is 10.1 Å². The summed E-state index contributed by atoms with van der Waals surface area (Å²) in [4.78, 5) is 4.08. The van der Waals surface area contributed by atoms with Gasteiger partial charge in [0.15, 0.2) is 5.82 Å². The molecule has 78 valence electrons. The fourth-order valence-electron chi connectivity index (χ4n) is 1.30. The summed E-state index contributed by atoms with van der Waals surface area (Å²) < 4.78 is 13.5. The number of aryl methyl sites for hydroxylation is 1. The summed E-state index contributed by atoms with van der Waals surface area (Å²) in [5.41, 5.74) is 7.14. The molecule has 0 aliphatic heterocycles. The van der Waals surface area contributed by atoms with E-state index in [1.807, 2.05) is 12.1 Å². The Hall–Kier alpha value is -1.91.